The summed E-state index contributed by atoms with van der Waals surface area (Å²) in [5, 5.41) is 1.58. The van der Waals surface area contributed by atoms with E-state index in [9.17, 15) is 4.39 Å². The molecule has 0 amide bonds. The molecular formula is C50H37FGeIrN4O-2. The van der Waals surface area contributed by atoms with Crippen molar-refractivity contribution < 1.29 is 28.9 Å². The van der Waals surface area contributed by atoms with Crippen LogP contribution < -0.4 is 4.40 Å². The second-order valence-corrected chi connectivity index (χ2v) is 25.5. The monoisotopic (exact) mass is 995 g/mol. The number of rotatable bonds is 6. The van der Waals surface area contributed by atoms with Crippen LogP contribution in [-0.2, 0) is 20.1 Å². The first-order chi connectivity index (χ1) is 27.8. The number of halogens is 1. The normalized spacial score (nSPS) is 11.3. The number of furan rings is 1. The molecule has 10 rings (SSSR count). The van der Waals surface area contributed by atoms with Gasteiger partial charge in [0.1, 0.15) is 5.58 Å². The maximum Gasteiger partial charge on any atom is 0 e. The summed E-state index contributed by atoms with van der Waals surface area (Å²) >= 11 is -1.72. The van der Waals surface area contributed by atoms with Crippen LogP contribution in [0.1, 0.15) is 0 Å². The minimum absolute atomic E-state index is 0. The molecule has 4 heterocycles. The Kier molecular flexibility index (Phi) is 11.0. The van der Waals surface area contributed by atoms with Crippen molar-refractivity contribution in [1.82, 2.24) is 19.5 Å². The standard InChI is InChI=1S/C36H21FN3O.C14H16GeN.Ir/c37-33-21-32-29(22-38-33)27-17-10-18-28(35(27)41-32)36-39-30-19-7-8-20-31(30)40(36)34-25(23-11-3-1-4-12-23)15-9-16-26(34)24-13-5-2-6-14-24;1-15(2,3)13-9-10-14(16-11-13)12-7-5-4-6-8-12;/h1-17,19-22H;4-7,9-11H,1-3H3;/q2*-1;. The Morgan fingerprint density at radius 2 is 1.33 bits per heavy atom. The number of fused-ring (bicyclic) bond motifs is 4. The third-order valence-corrected chi connectivity index (χ3v) is 14.4. The minimum Gasteiger partial charge on any atom is 0 e. The van der Waals surface area contributed by atoms with Gasteiger partial charge in [-0.2, -0.15) is 4.39 Å². The van der Waals surface area contributed by atoms with Gasteiger partial charge in [-0.05, 0) is 23.3 Å². The minimum atomic E-state index is -1.72. The zero-order chi connectivity index (χ0) is 38.9. The van der Waals surface area contributed by atoms with Gasteiger partial charge in [0.25, 0.3) is 0 Å². The molecule has 0 N–H and O–H groups in total. The molecule has 0 aliphatic carbocycles. The number of hydrogen-bond donors (Lipinski definition) is 0. The Morgan fingerprint density at radius 1 is 0.638 bits per heavy atom. The smallest absolute Gasteiger partial charge is 0 e. The molecule has 6 aromatic carbocycles. The fraction of sp³-hybridized carbons (Fsp3) is 0.0600. The van der Waals surface area contributed by atoms with E-state index in [0.29, 0.717) is 22.6 Å². The van der Waals surface area contributed by atoms with Crippen LogP contribution in [0.2, 0.25) is 17.3 Å². The topological polar surface area (TPSA) is 56.7 Å². The van der Waals surface area contributed by atoms with Crippen molar-refractivity contribution in [3.05, 3.63) is 188 Å². The largest absolute Gasteiger partial charge is 0 e. The van der Waals surface area contributed by atoms with Gasteiger partial charge in [-0.1, -0.05) is 102 Å². The molecule has 1 radical (unpaired) electrons. The fourth-order valence-electron chi connectivity index (χ4n) is 7.23. The van der Waals surface area contributed by atoms with Gasteiger partial charge in [0.2, 0.25) is 5.95 Å². The van der Waals surface area contributed by atoms with Gasteiger partial charge in [-0.25, -0.2) is 4.98 Å². The van der Waals surface area contributed by atoms with Crippen LogP contribution in [0.5, 0.6) is 0 Å². The molecule has 0 aliphatic rings. The zero-order valence-electron chi connectivity index (χ0n) is 32.1. The Labute approximate surface area is 353 Å². The van der Waals surface area contributed by atoms with Crippen molar-refractivity contribution >= 4 is 50.6 Å². The molecule has 10 aromatic rings. The summed E-state index contributed by atoms with van der Waals surface area (Å²) in [5.41, 5.74) is 10.9. The molecule has 285 valence electrons. The maximum absolute atomic E-state index is 14.0. The van der Waals surface area contributed by atoms with Crippen molar-refractivity contribution in [3.8, 4) is 50.6 Å². The van der Waals surface area contributed by atoms with E-state index in [2.05, 4.69) is 129 Å². The van der Waals surface area contributed by atoms with Crippen molar-refractivity contribution in [2.45, 2.75) is 17.3 Å². The van der Waals surface area contributed by atoms with Gasteiger partial charge < -0.3 is 8.98 Å². The van der Waals surface area contributed by atoms with E-state index >= 15 is 0 Å². The summed E-state index contributed by atoms with van der Waals surface area (Å²) in [6, 6.07) is 59.3. The molecule has 0 aliphatic heterocycles. The summed E-state index contributed by atoms with van der Waals surface area (Å²) in [7, 11) is 0. The van der Waals surface area contributed by atoms with Crippen molar-refractivity contribution in [3.63, 3.8) is 0 Å². The molecule has 0 saturated carbocycles. The number of benzene rings is 6. The zero-order valence-corrected chi connectivity index (χ0v) is 36.6. The van der Waals surface area contributed by atoms with E-state index in [1.807, 2.05) is 72.9 Å². The van der Waals surface area contributed by atoms with Crippen molar-refractivity contribution in [2.75, 3.05) is 0 Å². The number of nitrogens with zero attached hydrogens (tertiary/aromatic N) is 4. The van der Waals surface area contributed by atoms with E-state index in [0.717, 1.165) is 61.0 Å². The first-order valence-electron chi connectivity index (χ1n) is 18.9. The van der Waals surface area contributed by atoms with Crippen LogP contribution in [0.3, 0.4) is 0 Å². The van der Waals surface area contributed by atoms with Crippen LogP contribution in [0.25, 0.3) is 83.6 Å². The molecule has 8 heteroatoms. The average Bonchev–Trinajstić information content (AvgIpc) is 3.82. The second-order valence-electron chi connectivity index (χ2n) is 14.9. The van der Waals surface area contributed by atoms with Gasteiger partial charge in [0.15, 0.2) is 0 Å². The van der Waals surface area contributed by atoms with Gasteiger partial charge in [0, 0.05) is 48.9 Å². The average molecular weight is 994 g/mol. The quantitative estimate of drug-likeness (QED) is 0.0946. The summed E-state index contributed by atoms with van der Waals surface area (Å²) in [5.74, 6) is 7.24. The Bertz CT molecular complexity index is 2940. The van der Waals surface area contributed by atoms with Crippen molar-refractivity contribution in [2.24, 2.45) is 0 Å². The summed E-state index contributed by atoms with van der Waals surface area (Å²) < 4.78 is 24.0. The Hall–Kier alpha value is -5.99. The molecule has 0 fully saturated rings. The van der Waals surface area contributed by atoms with Crippen LogP contribution in [0, 0.1) is 18.1 Å². The Balaban J connectivity index is 0.000000233. The van der Waals surface area contributed by atoms with E-state index < -0.39 is 19.2 Å². The van der Waals surface area contributed by atoms with Crippen molar-refractivity contribution in [1.29, 1.82) is 0 Å². The molecular weight excluding hydrogens is 956 g/mol. The van der Waals surface area contributed by atoms with Gasteiger partial charge in [-0.3, -0.25) is 4.98 Å². The predicted molar refractivity (Wildman–Crippen MR) is 233 cm³/mol. The summed E-state index contributed by atoms with van der Waals surface area (Å²) in [6.07, 6.45) is 3.55. The van der Waals surface area contributed by atoms with Crippen LogP contribution in [0.15, 0.2) is 175 Å². The molecule has 0 bridgehead atoms. The van der Waals surface area contributed by atoms with Gasteiger partial charge in [0.05, 0.1) is 28.1 Å². The molecule has 4 aromatic heterocycles. The fourth-order valence-corrected chi connectivity index (χ4v) is 9.41. The summed E-state index contributed by atoms with van der Waals surface area (Å²) in [4.78, 5) is 13.5. The first kappa shape index (κ1) is 38.9. The molecule has 0 unspecified atom stereocenters. The second kappa shape index (κ2) is 16.5. The molecule has 0 atom stereocenters. The SMILES string of the molecule is Fc1cc2oc3c(-c4nc5ccccc5n4-c4c(-c5ccccc5)cccc4-c4ccccc4)[c-]ccc3c2cn1.[CH3][Ge]([CH3])([CH3])[c]1ccc(-c2[c-]cccc2)nc1.[Ir]. The Morgan fingerprint density at radius 3 is 1.98 bits per heavy atom. The van der Waals surface area contributed by atoms with E-state index in [1.165, 1.54) is 16.7 Å². The van der Waals surface area contributed by atoms with Crippen LogP contribution in [-0.4, -0.2) is 32.8 Å². The first-order valence-corrected chi connectivity index (χ1v) is 26.2. The van der Waals surface area contributed by atoms with Crippen LogP contribution >= 0.6 is 0 Å². The van der Waals surface area contributed by atoms with Gasteiger partial charge >= 0.3 is 99.8 Å². The third-order valence-electron chi connectivity index (χ3n) is 10.1. The predicted octanol–water partition coefficient (Wildman–Crippen LogP) is 12.4. The number of imidazole rings is 1. The summed E-state index contributed by atoms with van der Waals surface area (Å²) in [6.45, 7) is 0. The van der Waals surface area contributed by atoms with Gasteiger partial charge in [-0.15, -0.1) is 18.2 Å². The number of hydrogen-bond acceptors (Lipinski definition) is 4. The van der Waals surface area contributed by atoms with Crippen LogP contribution in [0.4, 0.5) is 4.39 Å². The third kappa shape index (κ3) is 7.57. The molecule has 0 spiro atoms. The number of para-hydroxylation sites is 3. The maximum atomic E-state index is 14.0. The van der Waals surface area contributed by atoms with E-state index in [1.54, 1.807) is 0 Å². The number of aromatic nitrogens is 4. The molecule has 5 nitrogen and oxygen atoms in total. The van der Waals surface area contributed by atoms with E-state index in [-0.39, 0.29) is 20.1 Å². The molecule has 0 saturated heterocycles. The number of pyridine rings is 2. The van der Waals surface area contributed by atoms with E-state index in [4.69, 9.17) is 9.40 Å². The molecule has 58 heavy (non-hydrogen) atoms.